The zero-order valence-corrected chi connectivity index (χ0v) is 16.9. The molecule has 30 heavy (non-hydrogen) atoms. The van der Waals surface area contributed by atoms with Crippen LogP contribution < -0.4 is 10.6 Å². The zero-order valence-electron chi connectivity index (χ0n) is 16.2. The average molecular weight is 419 g/mol. The quantitative estimate of drug-likeness (QED) is 0.441. The maximum atomic E-state index is 12.7. The molecule has 7 heteroatoms. The van der Waals surface area contributed by atoms with Gasteiger partial charge in [-0.25, -0.2) is 4.79 Å². The standard InChI is InChI=1S/C23H19ClN4O2/c1-15-6-5-9-19(14-15)25-23(29)26-20(16-7-3-2-4-8-16)22-28-27-21(30-22)17-10-12-18(24)13-11-17/h2-14,20H,1H3,(H2,25,26,29)/t20-/m1/s1. The molecule has 0 saturated heterocycles. The summed E-state index contributed by atoms with van der Waals surface area (Å²) in [4.78, 5) is 12.7. The number of nitrogens with zero attached hydrogens (tertiary/aromatic N) is 2. The number of carbonyl (C=O) groups is 1. The fourth-order valence-corrected chi connectivity index (χ4v) is 3.14. The van der Waals surface area contributed by atoms with Gasteiger partial charge in [-0.05, 0) is 54.4 Å². The van der Waals surface area contributed by atoms with E-state index in [1.807, 2.05) is 61.5 Å². The van der Waals surface area contributed by atoms with Gasteiger partial charge in [0.15, 0.2) is 0 Å². The Balaban J connectivity index is 1.59. The van der Waals surface area contributed by atoms with Crippen LogP contribution in [0.25, 0.3) is 11.5 Å². The molecule has 0 bridgehead atoms. The summed E-state index contributed by atoms with van der Waals surface area (Å²) in [6.07, 6.45) is 0. The number of halogens is 1. The lowest BCUT2D eigenvalue weighted by atomic mass is 10.1. The first kappa shape index (κ1) is 19.7. The minimum atomic E-state index is -0.607. The Morgan fingerprint density at radius 2 is 1.73 bits per heavy atom. The Hall–Kier alpha value is -3.64. The summed E-state index contributed by atoms with van der Waals surface area (Å²) < 4.78 is 5.89. The van der Waals surface area contributed by atoms with Crippen LogP contribution in [-0.2, 0) is 0 Å². The number of aryl methyl sites for hydroxylation is 1. The molecule has 0 aliphatic carbocycles. The van der Waals surface area contributed by atoms with Crippen molar-refractivity contribution in [3.05, 3.63) is 101 Å². The van der Waals surface area contributed by atoms with E-state index in [0.717, 1.165) is 16.7 Å². The van der Waals surface area contributed by atoms with Crippen LogP contribution in [0.3, 0.4) is 0 Å². The van der Waals surface area contributed by atoms with Crippen LogP contribution in [0.4, 0.5) is 10.5 Å². The highest BCUT2D eigenvalue weighted by atomic mass is 35.5. The van der Waals surface area contributed by atoms with Crippen LogP contribution >= 0.6 is 11.6 Å². The average Bonchev–Trinajstić information content (AvgIpc) is 3.23. The van der Waals surface area contributed by atoms with E-state index in [-0.39, 0.29) is 11.9 Å². The fourth-order valence-electron chi connectivity index (χ4n) is 3.01. The predicted octanol–water partition coefficient (Wildman–Crippen LogP) is 5.61. The number of nitrogens with one attached hydrogen (secondary N) is 2. The first-order valence-electron chi connectivity index (χ1n) is 9.37. The van der Waals surface area contributed by atoms with Crippen LogP contribution in [0.1, 0.15) is 23.1 Å². The van der Waals surface area contributed by atoms with Gasteiger partial charge in [0, 0.05) is 16.3 Å². The first-order chi connectivity index (χ1) is 14.6. The number of amides is 2. The molecular formula is C23H19ClN4O2. The SMILES string of the molecule is Cc1cccc(NC(=O)N[C@H](c2ccccc2)c2nnc(-c3ccc(Cl)cc3)o2)c1. The van der Waals surface area contributed by atoms with Crippen LogP contribution in [0.15, 0.2) is 83.3 Å². The third-order valence-electron chi connectivity index (χ3n) is 4.46. The molecular weight excluding hydrogens is 400 g/mol. The second kappa shape index (κ2) is 8.80. The van der Waals surface area contributed by atoms with Gasteiger partial charge in [0.2, 0.25) is 11.8 Å². The Labute approximate surface area is 178 Å². The maximum Gasteiger partial charge on any atom is 0.320 e. The molecule has 0 saturated carbocycles. The van der Waals surface area contributed by atoms with Crippen molar-refractivity contribution in [2.24, 2.45) is 0 Å². The second-order valence-electron chi connectivity index (χ2n) is 6.76. The Morgan fingerprint density at radius 3 is 2.47 bits per heavy atom. The van der Waals surface area contributed by atoms with Crippen molar-refractivity contribution in [3.8, 4) is 11.5 Å². The van der Waals surface area contributed by atoms with Crippen LogP contribution in [0, 0.1) is 6.92 Å². The lowest BCUT2D eigenvalue weighted by molar-refractivity contribution is 0.248. The molecule has 0 aliphatic heterocycles. The third kappa shape index (κ3) is 4.67. The van der Waals surface area contributed by atoms with E-state index in [1.54, 1.807) is 24.3 Å². The van der Waals surface area contributed by atoms with E-state index in [2.05, 4.69) is 20.8 Å². The van der Waals surface area contributed by atoms with Gasteiger partial charge in [0.05, 0.1) is 0 Å². The van der Waals surface area contributed by atoms with Crippen molar-refractivity contribution in [1.29, 1.82) is 0 Å². The van der Waals surface area contributed by atoms with Crippen molar-refractivity contribution in [2.75, 3.05) is 5.32 Å². The Bertz CT molecular complexity index is 1140. The number of anilines is 1. The normalized spacial score (nSPS) is 11.7. The highest BCUT2D eigenvalue weighted by molar-refractivity contribution is 6.30. The molecule has 150 valence electrons. The van der Waals surface area contributed by atoms with E-state index in [9.17, 15) is 4.79 Å². The van der Waals surface area contributed by atoms with Crippen LogP contribution in [0.5, 0.6) is 0 Å². The smallest absolute Gasteiger partial charge is 0.320 e. The Morgan fingerprint density at radius 1 is 0.967 bits per heavy atom. The molecule has 3 aromatic carbocycles. The van der Waals surface area contributed by atoms with E-state index < -0.39 is 6.04 Å². The van der Waals surface area contributed by atoms with Gasteiger partial charge in [0.25, 0.3) is 0 Å². The molecule has 0 radical (unpaired) electrons. The summed E-state index contributed by atoms with van der Waals surface area (Å²) in [6, 6.07) is 23.2. The van der Waals surface area contributed by atoms with E-state index in [0.29, 0.717) is 16.6 Å². The highest BCUT2D eigenvalue weighted by Gasteiger charge is 2.23. The minimum Gasteiger partial charge on any atom is -0.418 e. The number of carbonyl (C=O) groups excluding carboxylic acids is 1. The summed E-state index contributed by atoms with van der Waals surface area (Å²) in [5.74, 6) is 0.633. The second-order valence-corrected chi connectivity index (χ2v) is 7.20. The van der Waals surface area contributed by atoms with Crippen molar-refractivity contribution < 1.29 is 9.21 Å². The lowest BCUT2D eigenvalue weighted by Gasteiger charge is -2.16. The summed E-state index contributed by atoms with van der Waals surface area (Å²) >= 11 is 5.95. The molecule has 2 amide bonds. The van der Waals surface area contributed by atoms with Crippen LogP contribution in [-0.4, -0.2) is 16.2 Å². The van der Waals surface area contributed by atoms with Gasteiger partial charge in [-0.2, -0.15) is 0 Å². The monoisotopic (exact) mass is 418 g/mol. The number of aromatic nitrogens is 2. The molecule has 6 nitrogen and oxygen atoms in total. The predicted molar refractivity (Wildman–Crippen MR) is 116 cm³/mol. The summed E-state index contributed by atoms with van der Waals surface area (Å²) in [5, 5.41) is 14.7. The molecule has 4 aromatic rings. The topological polar surface area (TPSA) is 80.0 Å². The minimum absolute atomic E-state index is 0.283. The van der Waals surface area contributed by atoms with Gasteiger partial charge >= 0.3 is 6.03 Å². The van der Waals surface area contributed by atoms with E-state index >= 15 is 0 Å². The zero-order chi connectivity index (χ0) is 20.9. The Kier molecular flexibility index (Phi) is 5.77. The van der Waals surface area contributed by atoms with Gasteiger partial charge < -0.3 is 15.1 Å². The number of hydrogen-bond acceptors (Lipinski definition) is 4. The maximum absolute atomic E-state index is 12.7. The fraction of sp³-hybridized carbons (Fsp3) is 0.0870. The van der Waals surface area contributed by atoms with Crippen molar-refractivity contribution in [2.45, 2.75) is 13.0 Å². The van der Waals surface area contributed by atoms with Gasteiger partial charge in [-0.3, -0.25) is 0 Å². The first-order valence-corrected chi connectivity index (χ1v) is 9.75. The van der Waals surface area contributed by atoms with Gasteiger partial charge in [-0.15, -0.1) is 10.2 Å². The molecule has 0 aliphatic rings. The summed E-state index contributed by atoms with van der Waals surface area (Å²) in [7, 11) is 0. The molecule has 2 N–H and O–H groups in total. The van der Waals surface area contributed by atoms with E-state index in [4.69, 9.17) is 16.0 Å². The van der Waals surface area contributed by atoms with Crippen molar-refractivity contribution >= 4 is 23.3 Å². The molecule has 0 spiro atoms. The van der Waals surface area contributed by atoms with Gasteiger partial charge in [-0.1, -0.05) is 54.1 Å². The molecule has 1 atom stereocenters. The third-order valence-corrected chi connectivity index (χ3v) is 4.72. The number of rotatable bonds is 5. The largest absolute Gasteiger partial charge is 0.418 e. The highest BCUT2D eigenvalue weighted by Crippen LogP contribution is 2.26. The molecule has 0 unspecified atom stereocenters. The van der Waals surface area contributed by atoms with Crippen LogP contribution in [0.2, 0.25) is 5.02 Å². The molecule has 0 fully saturated rings. The summed E-state index contributed by atoms with van der Waals surface area (Å²) in [5.41, 5.74) is 3.32. The molecule has 1 aromatic heterocycles. The number of hydrogen-bond donors (Lipinski definition) is 2. The lowest BCUT2D eigenvalue weighted by Crippen LogP contribution is -2.33. The number of benzene rings is 3. The summed E-state index contributed by atoms with van der Waals surface area (Å²) in [6.45, 7) is 1.96. The van der Waals surface area contributed by atoms with Crippen molar-refractivity contribution in [3.63, 3.8) is 0 Å². The van der Waals surface area contributed by atoms with Crippen molar-refractivity contribution in [1.82, 2.24) is 15.5 Å². The molecule has 1 heterocycles. The molecule has 4 rings (SSSR count). The number of urea groups is 1. The van der Waals surface area contributed by atoms with E-state index in [1.165, 1.54) is 0 Å². The van der Waals surface area contributed by atoms with Gasteiger partial charge in [0.1, 0.15) is 6.04 Å².